The Morgan fingerprint density at radius 2 is 2.00 bits per heavy atom. The highest BCUT2D eigenvalue weighted by molar-refractivity contribution is 4.90. The summed E-state index contributed by atoms with van der Waals surface area (Å²) in [7, 11) is 0. The molecule has 0 saturated carbocycles. The van der Waals surface area contributed by atoms with E-state index in [0.29, 0.717) is 5.92 Å². The molecule has 0 rings (SSSR count). The molecule has 66 valence electrons. The van der Waals surface area contributed by atoms with Gasteiger partial charge in [-0.15, -0.1) is 6.58 Å². The average molecular weight is 155 g/mol. The molecule has 0 bridgehead atoms. The molecule has 1 nitrogen and oxygen atoms in total. The molecule has 0 aliphatic carbocycles. The lowest BCUT2D eigenvalue weighted by Crippen LogP contribution is -2.16. The van der Waals surface area contributed by atoms with E-state index in [1.807, 2.05) is 0 Å². The van der Waals surface area contributed by atoms with E-state index >= 15 is 0 Å². The molecule has 2 N–H and O–H groups in total. The van der Waals surface area contributed by atoms with Gasteiger partial charge in [0.1, 0.15) is 0 Å². The third-order valence-corrected chi connectivity index (χ3v) is 1.78. The predicted octanol–water partition coefficient (Wildman–Crippen LogP) is 2.57. The summed E-state index contributed by atoms with van der Waals surface area (Å²) in [6.45, 7) is 11.2. The van der Waals surface area contributed by atoms with Gasteiger partial charge in [-0.2, -0.15) is 0 Å². The number of allylic oxidation sites excluding steroid dienone is 1. The molecular formula is C10H21N. The fourth-order valence-electron chi connectivity index (χ4n) is 1.42. The van der Waals surface area contributed by atoms with Crippen LogP contribution >= 0.6 is 0 Å². The lowest BCUT2D eigenvalue weighted by molar-refractivity contribution is 0.414. The van der Waals surface area contributed by atoms with Gasteiger partial charge in [0.05, 0.1) is 0 Å². The van der Waals surface area contributed by atoms with Crippen molar-refractivity contribution < 1.29 is 0 Å². The van der Waals surface area contributed by atoms with E-state index in [4.69, 9.17) is 5.73 Å². The van der Waals surface area contributed by atoms with Crippen molar-refractivity contribution in [1.29, 1.82) is 0 Å². The van der Waals surface area contributed by atoms with Crippen LogP contribution in [0.25, 0.3) is 0 Å². The summed E-state index contributed by atoms with van der Waals surface area (Å²) < 4.78 is 0. The number of hydrogen-bond donors (Lipinski definition) is 1. The molecule has 0 unspecified atom stereocenters. The number of rotatable bonds is 5. The first kappa shape index (κ1) is 10.7. The van der Waals surface area contributed by atoms with Crippen molar-refractivity contribution in [3.8, 4) is 0 Å². The predicted molar refractivity (Wildman–Crippen MR) is 51.4 cm³/mol. The van der Waals surface area contributed by atoms with Gasteiger partial charge in [-0.3, -0.25) is 0 Å². The summed E-state index contributed by atoms with van der Waals surface area (Å²) in [4.78, 5) is 0. The minimum absolute atomic E-state index is 0.646. The summed E-state index contributed by atoms with van der Waals surface area (Å²) in [5.41, 5.74) is 6.88. The minimum atomic E-state index is 0.646. The monoisotopic (exact) mass is 155 g/mol. The van der Waals surface area contributed by atoms with E-state index in [2.05, 4.69) is 27.4 Å². The highest BCUT2D eigenvalue weighted by atomic mass is 14.5. The molecule has 0 heterocycles. The van der Waals surface area contributed by atoms with E-state index < -0.39 is 0 Å². The minimum Gasteiger partial charge on any atom is -0.330 e. The zero-order valence-electron chi connectivity index (χ0n) is 8.06. The maximum Gasteiger partial charge on any atom is -0.00457 e. The first-order chi connectivity index (χ1) is 5.06. The quantitative estimate of drug-likeness (QED) is 0.607. The molecule has 0 spiro atoms. The van der Waals surface area contributed by atoms with Crippen LogP contribution in [-0.4, -0.2) is 6.54 Å². The zero-order valence-corrected chi connectivity index (χ0v) is 8.06. The Balaban J connectivity index is 3.66. The smallest absolute Gasteiger partial charge is 0.00457 e. The first-order valence-electron chi connectivity index (χ1n) is 4.40. The third kappa shape index (κ3) is 6.11. The highest BCUT2D eigenvalue weighted by Crippen LogP contribution is 2.17. The summed E-state index contributed by atoms with van der Waals surface area (Å²) in [5.74, 6) is 1.40. The summed E-state index contributed by atoms with van der Waals surface area (Å²) >= 11 is 0. The Morgan fingerprint density at radius 1 is 1.45 bits per heavy atom. The third-order valence-electron chi connectivity index (χ3n) is 1.78. The van der Waals surface area contributed by atoms with Gasteiger partial charge >= 0.3 is 0 Å². The second-order valence-electron chi connectivity index (χ2n) is 3.89. The van der Waals surface area contributed by atoms with Crippen LogP contribution in [0.2, 0.25) is 0 Å². The van der Waals surface area contributed by atoms with Gasteiger partial charge in [0.2, 0.25) is 0 Å². The molecule has 0 aliphatic rings. The molecule has 0 saturated heterocycles. The van der Waals surface area contributed by atoms with Crippen LogP contribution in [0, 0.1) is 11.8 Å². The summed E-state index contributed by atoms with van der Waals surface area (Å²) in [5, 5.41) is 0. The molecule has 0 radical (unpaired) electrons. The molecule has 1 atom stereocenters. The topological polar surface area (TPSA) is 26.0 Å². The van der Waals surface area contributed by atoms with Crippen molar-refractivity contribution in [3.63, 3.8) is 0 Å². The normalized spacial score (nSPS) is 13.5. The fourth-order valence-corrected chi connectivity index (χ4v) is 1.42. The fraction of sp³-hybridized carbons (Fsp3) is 0.800. The SMILES string of the molecule is C=C(C)C[C@@H](CN)CC(C)C. The Hall–Kier alpha value is -0.300. The molecule has 0 fully saturated rings. The maximum atomic E-state index is 5.63. The van der Waals surface area contributed by atoms with Gasteiger partial charge in [0.25, 0.3) is 0 Å². The highest BCUT2D eigenvalue weighted by Gasteiger charge is 2.08. The zero-order chi connectivity index (χ0) is 8.85. The Labute approximate surface area is 70.7 Å². The lowest BCUT2D eigenvalue weighted by Gasteiger charge is -2.16. The molecule has 0 amide bonds. The number of hydrogen-bond acceptors (Lipinski definition) is 1. The van der Waals surface area contributed by atoms with Crippen molar-refractivity contribution in [2.45, 2.75) is 33.6 Å². The van der Waals surface area contributed by atoms with Crippen molar-refractivity contribution in [2.24, 2.45) is 17.6 Å². The summed E-state index contributed by atoms with van der Waals surface area (Å²) in [6.07, 6.45) is 2.32. The van der Waals surface area contributed by atoms with Crippen LogP contribution in [0.1, 0.15) is 33.6 Å². The second-order valence-corrected chi connectivity index (χ2v) is 3.89. The van der Waals surface area contributed by atoms with Gasteiger partial charge in [-0.1, -0.05) is 19.4 Å². The van der Waals surface area contributed by atoms with Gasteiger partial charge < -0.3 is 5.73 Å². The van der Waals surface area contributed by atoms with Gasteiger partial charge in [-0.05, 0) is 38.1 Å². The molecule has 0 aromatic heterocycles. The van der Waals surface area contributed by atoms with E-state index in [1.54, 1.807) is 0 Å². The van der Waals surface area contributed by atoms with Crippen LogP contribution in [-0.2, 0) is 0 Å². The molecule has 0 aromatic rings. The van der Waals surface area contributed by atoms with E-state index in [-0.39, 0.29) is 0 Å². The van der Waals surface area contributed by atoms with Crippen molar-refractivity contribution in [2.75, 3.05) is 6.54 Å². The second kappa shape index (κ2) is 5.36. The van der Waals surface area contributed by atoms with E-state index in [9.17, 15) is 0 Å². The Kier molecular flexibility index (Phi) is 5.22. The largest absolute Gasteiger partial charge is 0.330 e. The van der Waals surface area contributed by atoms with Crippen molar-refractivity contribution >= 4 is 0 Å². The van der Waals surface area contributed by atoms with Crippen LogP contribution in [0.3, 0.4) is 0 Å². The molecule has 0 aliphatic heterocycles. The van der Waals surface area contributed by atoms with Crippen LogP contribution in [0.15, 0.2) is 12.2 Å². The standard InChI is InChI=1S/C10H21N/c1-8(2)5-10(7-11)6-9(3)4/h9-10H,1,5-7,11H2,2-4H3/t10-/m1/s1. The van der Waals surface area contributed by atoms with Crippen LogP contribution in [0.5, 0.6) is 0 Å². The van der Waals surface area contributed by atoms with Gasteiger partial charge in [-0.25, -0.2) is 0 Å². The first-order valence-corrected chi connectivity index (χ1v) is 4.40. The van der Waals surface area contributed by atoms with Crippen LogP contribution in [0.4, 0.5) is 0 Å². The van der Waals surface area contributed by atoms with Gasteiger partial charge in [0.15, 0.2) is 0 Å². The lowest BCUT2D eigenvalue weighted by atomic mass is 9.92. The number of nitrogens with two attached hydrogens (primary N) is 1. The molecule has 0 aromatic carbocycles. The van der Waals surface area contributed by atoms with E-state index in [0.717, 1.165) is 18.9 Å². The van der Waals surface area contributed by atoms with Gasteiger partial charge in [0, 0.05) is 0 Å². The molecule has 1 heteroatoms. The molecule has 11 heavy (non-hydrogen) atoms. The Morgan fingerprint density at radius 3 is 2.27 bits per heavy atom. The summed E-state index contributed by atoms with van der Waals surface area (Å²) in [6, 6.07) is 0. The maximum absolute atomic E-state index is 5.63. The molecular weight excluding hydrogens is 134 g/mol. The Bertz CT molecular complexity index is 116. The van der Waals surface area contributed by atoms with Crippen LogP contribution < -0.4 is 5.73 Å². The van der Waals surface area contributed by atoms with E-state index in [1.165, 1.54) is 12.0 Å². The average Bonchev–Trinajstić information content (AvgIpc) is 1.84. The van der Waals surface area contributed by atoms with Crippen molar-refractivity contribution in [3.05, 3.63) is 12.2 Å². The van der Waals surface area contributed by atoms with Crippen molar-refractivity contribution in [1.82, 2.24) is 0 Å².